The highest BCUT2D eigenvalue weighted by Crippen LogP contribution is 2.37. The third-order valence-corrected chi connectivity index (χ3v) is 7.23. The number of aromatic nitrogens is 1. The Bertz CT molecular complexity index is 1140. The fourth-order valence-electron chi connectivity index (χ4n) is 3.80. The summed E-state index contributed by atoms with van der Waals surface area (Å²) >= 11 is 5.20. The molecule has 0 radical (unpaired) electrons. The second-order valence-electron chi connectivity index (χ2n) is 7.73. The van der Waals surface area contributed by atoms with Gasteiger partial charge in [0.05, 0.1) is 33.5 Å². The van der Waals surface area contributed by atoms with Crippen molar-refractivity contribution in [1.82, 2.24) is 4.98 Å². The summed E-state index contributed by atoms with van der Waals surface area (Å²) in [5, 5.41) is 3.94. The molecule has 0 saturated carbocycles. The van der Waals surface area contributed by atoms with E-state index < -0.39 is 0 Å². The van der Waals surface area contributed by atoms with Crippen LogP contribution in [-0.2, 0) is 9.53 Å². The molecule has 1 saturated heterocycles. The third-order valence-electron chi connectivity index (χ3n) is 5.53. The number of anilines is 2. The molecule has 7 nitrogen and oxygen atoms in total. The number of fused-ring (bicyclic) bond motifs is 1. The van der Waals surface area contributed by atoms with Gasteiger partial charge in [0, 0.05) is 30.8 Å². The molecule has 1 fully saturated rings. The highest BCUT2D eigenvalue weighted by molar-refractivity contribution is 9.10. The Morgan fingerprint density at radius 2 is 1.88 bits per heavy atom. The number of amides is 1. The summed E-state index contributed by atoms with van der Waals surface area (Å²) in [6, 6.07) is 10.8. The van der Waals surface area contributed by atoms with Crippen LogP contribution in [0.3, 0.4) is 0 Å². The SMILES string of the molecule is CCOC(=O)c1ccc(NC(=O)C2CCN(c3nc4cc(Br)c(OCC)cc4s3)CC2)cc1. The topological polar surface area (TPSA) is 80.8 Å². The molecule has 1 amide bonds. The van der Waals surface area contributed by atoms with E-state index in [0.29, 0.717) is 24.5 Å². The van der Waals surface area contributed by atoms with Crippen molar-refractivity contribution in [3.05, 3.63) is 46.4 Å². The summed E-state index contributed by atoms with van der Waals surface area (Å²) in [7, 11) is 0. The minimum Gasteiger partial charge on any atom is -0.493 e. The average Bonchev–Trinajstić information content (AvgIpc) is 3.23. The fourth-order valence-corrected chi connectivity index (χ4v) is 5.27. The van der Waals surface area contributed by atoms with E-state index in [9.17, 15) is 9.59 Å². The Balaban J connectivity index is 1.34. The van der Waals surface area contributed by atoms with E-state index in [0.717, 1.165) is 51.5 Å². The maximum Gasteiger partial charge on any atom is 0.338 e. The minimum absolute atomic E-state index is 0.00752. The molecule has 1 aromatic heterocycles. The number of benzene rings is 2. The number of carbonyl (C=O) groups excluding carboxylic acids is 2. The lowest BCUT2D eigenvalue weighted by Gasteiger charge is -2.31. The van der Waals surface area contributed by atoms with E-state index in [2.05, 4.69) is 26.1 Å². The van der Waals surface area contributed by atoms with Crippen molar-refractivity contribution in [2.24, 2.45) is 5.92 Å². The van der Waals surface area contributed by atoms with Gasteiger partial charge >= 0.3 is 5.97 Å². The zero-order valence-corrected chi connectivity index (χ0v) is 21.0. The van der Waals surface area contributed by atoms with Crippen LogP contribution in [0.1, 0.15) is 37.0 Å². The maximum absolute atomic E-state index is 12.8. The van der Waals surface area contributed by atoms with Crippen LogP contribution in [0.15, 0.2) is 40.9 Å². The monoisotopic (exact) mass is 531 g/mol. The van der Waals surface area contributed by atoms with E-state index in [4.69, 9.17) is 14.5 Å². The number of ether oxygens (including phenoxy) is 2. The second-order valence-corrected chi connectivity index (χ2v) is 9.59. The van der Waals surface area contributed by atoms with Crippen molar-refractivity contribution in [1.29, 1.82) is 0 Å². The number of hydrogen-bond donors (Lipinski definition) is 1. The number of thiazole rings is 1. The highest BCUT2D eigenvalue weighted by Gasteiger charge is 2.27. The molecule has 1 N–H and O–H groups in total. The molecule has 9 heteroatoms. The van der Waals surface area contributed by atoms with Crippen LogP contribution in [0.2, 0.25) is 0 Å². The summed E-state index contributed by atoms with van der Waals surface area (Å²) in [5.74, 6) is 0.414. The van der Waals surface area contributed by atoms with Gasteiger partial charge in [0.2, 0.25) is 5.91 Å². The predicted octanol–water partition coefficient (Wildman–Crippen LogP) is 5.49. The van der Waals surface area contributed by atoms with Gasteiger partial charge in [0.1, 0.15) is 5.75 Å². The van der Waals surface area contributed by atoms with Crippen LogP contribution in [0.5, 0.6) is 5.75 Å². The largest absolute Gasteiger partial charge is 0.493 e. The lowest BCUT2D eigenvalue weighted by molar-refractivity contribution is -0.120. The Kier molecular flexibility index (Phi) is 7.49. The summed E-state index contributed by atoms with van der Waals surface area (Å²) in [5.41, 5.74) is 2.09. The van der Waals surface area contributed by atoms with Crippen molar-refractivity contribution in [3.8, 4) is 5.75 Å². The minimum atomic E-state index is -0.362. The predicted molar refractivity (Wildman–Crippen MR) is 134 cm³/mol. The van der Waals surface area contributed by atoms with Crippen LogP contribution in [0.25, 0.3) is 10.2 Å². The van der Waals surface area contributed by atoms with Crippen LogP contribution >= 0.6 is 27.3 Å². The van der Waals surface area contributed by atoms with Gasteiger partial charge in [0.25, 0.3) is 0 Å². The van der Waals surface area contributed by atoms with E-state index >= 15 is 0 Å². The molecule has 1 aliphatic rings. The molecule has 0 spiro atoms. The average molecular weight is 532 g/mol. The van der Waals surface area contributed by atoms with Crippen molar-refractivity contribution in [2.75, 3.05) is 36.5 Å². The Labute approximate surface area is 205 Å². The number of piperidine rings is 1. The number of esters is 1. The molecule has 2 heterocycles. The van der Waals surface area contributed by atoms with Gasteiger partial charge in [-0.15, -0.1) is 0 Å². The Morgan fingerprint density at radius 1 is 1.15 bits per heavy atom. The van der Waals surface area contributed by atoms with Crippen LogP contribution in [0, 0.1) is 5.92 Å². The number of nitrogens with zero attached hydrogens (tertiary/aromatic N) is 2. The number of rotatable bonds is 7. The van der Waals surface area contributed by atoms with Crippen molar-refractivity contribution < 1.29 is 19.1 Å². The molecule has 0 atom stereocenters. The van der Waals surface area contributed by atoms with E-state index in [1.807, 2.05) is 19.1 Å². The van der Waals surface area contributed by atoms with E-state index in [-0.39, 0.29) is 17.8 Å². The molecule has 4 rings (SSSR count). The Hall–Kier alpha value is -2.65. The van der Waals surface area contributed by atoms with Gasteiger partial charge in [-0.05, 0) is 73.0 Å². The molecule has 0 bridgehead atoms. The quantitative estimate of drug-likeness (QED) is 0.406. The molecule has 2 aromatic carbocycles. The molecule has 1 aliphatic heterocycles. The number of halogens is 1. The molecular weight excluding hydrogens is 506 g/mol. The molecule has 33 heavy (non-hydrogen) atoms. The van der Waals surface area contributed by atoms with E-state index in [1.165, 1.54) is 0 Å². The van der Waals surface area contributed by atoms with Crippen molar-refractivity contribution in [3.63, 3.8) is 0 Å². The standard InChI is InChI=1S/C24H26BrN3O4S/c1-3-31-20-14-21-19(13-18(20)25)27-24(33-21)28-11-9-15(10-12-28)22(29)26-17-7-5-16(6-8-17)23(30)32-4-2/h5-8,13-15H,3-4,9-12H2,1-2H3,(H,26,29). The van der Waals surface area contributed by atoms with Crippen LogP contribution in [-0.4, -0.2) is 43.2 Å². The summed E-state index contributed by atoms with van der Waals surface area (Å²) < 4.78 is 12.6. The normalized spacial score (nSPS) is 14.3. The van der Waals surface area contributed by atoms with Crippen LogP contribution in [0.4, 0.5) is 10.8 Å². The van der Waals surface area contributed by atoms with Crippen LogP contribution < -0.4 is 15.0 Å². The first-order chi connectivity index (χ1) is 16.0. The van der Waals surface area contributed by atoms with Crippen molar-refractivity contribution in [2.45, 2.75) is 26.7 Å². The number of carbonyl (C=O) groups is 2. The summed E-state index contributed by atoms with van der Waals surface area (Å²) in [6.07, 6.45) is 1.52. The lowest BCUT2D eigenvalue weighted by Crippen LogP contribution is -2.38. The smallest absolute Gasteiger partial charge is 0.338 e. The molecule has 3 aromatic rings. The fraction of sp³-hybridized carbons (Fsp3) is 0.375. The zero-order valence-electron chi connectivity index (χ0n) is 18.6. The molecule has 174 valence electrons. The van der Waals surface area contributed by atoms with Crippen molar-refractivity contribution >= 4 is 60.2 Å². The lowest BCUT2D eigenvalue weighted by atomic mass is 9.96. The third kappa shape index (κ3) is 5.47. The highest BCUT2D eigenvalue weighted by atomic mass is 79.9. The second kappa shape index (κ2) is 10.5. The molecule has 0 aliphatic carbocycles. The number of nitrogens with one attached hydrogen (secondary N) is 1. The van der Waals surface area contributed by atoms with E-state index in [1.54, 1.807) is 42.5 Å². The first-order valence-corrected chi connectivity index (χ1v) is 12.6. The number of hydrogen-bond acceptors (Lipinski definition) is 7. The molecule has 0 unspecified atom stereocenters. The van der Waals surface area contributed by atoms with Gasteiger partial charge in [-0.1, -0.05) is 11.3 Å². The van der Waals surface area contributed by atoms with Gasteiger partial charge in [-0.2, -0.15) is 0 Å². The van der Waals surface area contributed by atoms with Gasteiger partial charge < -0.3 is 19.7 Å². The van der Waals surface area contributed by atoms with Gasteiger partial charge in [0.15, 0.2) is 5.13 Å². The Morgan fingerprint density at radius 3 is 2.55 bits per heavy atom. The van der Waals surface area contributed by atoms with Gasteiger partial charge in [-0.3, -0.25) is 4.79 Å². The first kappa shape index (κ1) is 23.5. The molecular formula is C24H26BrN3O4S. The summed E-state index contributed by atoms with van der Waals surface area (Å²) in [4.78, 5) is 31.6. The first-order valence-electron chi connectivity index (χ1n) is 11.0. The maximum atomic E-state index is 12.8. The summed E-state index contributed by atoms with van der Waals surface area (Å²) in [6.45, 7) is 6.23. The van der Waals surface area contributed by atoms with Gasteiger partial charge in [-0.25, -0.2) is 9.78 Å². The zero-order chi connectivity index (χ0) is 23.4.